The highest BCUT2D eigenvalue weighted by Crippen LogP contribution is 2.37. The Hall–Kier alpha value is -2.34. The van der Waals surface area contributed by atoms with E-state index >= 15 is 0 Å². The van der Waals surface area contributed by atoms with Crippen LogP contribution in [0.1, 0.15) is 29.6 Å². The van der Waals surface area contributed by atoms with Crippen molar-refractivity contribution in [1.29, 1.82) is 0 Å². The van der Waals surface area contributed by atoms with Crippen LogP contribution in [0.5, 0.6) is 0 Å². The van der Waals surface area contributed by atoms with E-state index in [0.29, 0.717) is 11.4 Å². The van der Waals surface area contributed by atoms with Crippen molar-refractivity contribution in [2.75, 3.05) is 26.3 Å². The number of likely N-dealkylation sites (tertiary alicyclic amines) is 1. The molecule has 6 heteroatoms. The molecule has 24 heavy (non-hydrogen) atoms. The third-order valence-electron chi connectivity index (χ3n) is 4.95. The van der Waals surface area contributed by atoms with Crippen LogP contribution in [0.25, 0.3) is 11.4 Å². The number of pyridine rings is 1. The quantitative estimate of drug-likeness (QED) is 0.847. The Morgan fingerprint density at radius 2 is 2.08 bits per heavy atom. The van der Waals surface area contributed by atoms with Crippen LogP contribution >= 0.6 is 0 Å². The average Bonchev–Trinajstić information content (AvgIpc) is 3.09. The molecule has 1 atom stereocenters. The number of rotatable bonds is 2. The minimum atomic E-state index is 0.0127. The standard InChI is InChI=1S/C18H20N4O2/c23-17(22-7-2-4-18(12-22)5-8-24-13-18)15-10-20-16(21-11-15)14-3-1-6-19-9-14/h1,3,6,9-11H,2,4-5,7-8,12-13H2/t18-/m0/s1. The minimum Gasteiger partial charge on any atom is -0.381 e. The highest BCUT2D eigenvalue weighted by molar-refractivity contribution is 5.93. The summed E-state index contributed by atoms with van der Waals surface area (Å²) >= 11 is 0. The summed E-state index contributed by atoms with van der Waals surface area (Å²) in [6.45, 7) is 3.15. The molecule has 0 N–H and O–H groups in total. The lowest BCUT2D eigenvalue weighted by molar-refractivity contribution is 0.0462. The van der Waals surface area contributed by atoms with Crippen LogP contribution in [0, 0.1) is 5.41 Å². The molecule has 0 unspecified atom stereocenters. The van der Waals surface area contributed by atoms with Gasteiger partial charge < -0.3 is 9.64 Å². The van der Waals surface area contributed by atoms with E-state index in [1.807, 2.05) is 17.0 Å². The lowest BCUT2D eigenvalue weighted by atomic mass is 9.79. The third kappa shape index (κ3) is 2.89. The van der Waals surface area contributed by atoms with Crippen LogP contribution in [0.3, 0.4) is 0 Å². The highest BCUT2D eigenvalue weighted by atomic mass is 16.5. The number of aromatic nitrogens is 3. The van der Waals surface area contributed by atoms with Crippen LogP contribution in [-0.2, 0) is 4.74 Å². The predicted octanol–water partition coefficient (Wildman–Crippen LogP) is 2.18. The molecule has 6 nitrogen and oxygen atoms in total. The van der Waals surface area contributed by atoms with Crippen LogP contribution in [0.15, 0.2) is 36.9 Å². The van der Waals surface area contributed by atoms with Gasteiger partial charge in [0.1, 0.15) is 0 Å². The molecule has 0 aromatic carbocycles. The first-order chi connectivity index (χ1) is 11.8. The molecule has 2 aromatic rings. The molecule has 1 amide bonds. The number of hydrogen-bond acceptors (Lipinski definition) is 5. The van der Waals surface area contributed by atoms with Crippen LogP contribution in [0.4, 0.5) is 0 Å². The number of hydrogen-bond donors (Lipinski definition) is 0. The zero-order chi connectivity index (χ0) is 16.4. The van der Waals surface area contributed by atoms with E-state index in [9.17, 15) is 4.79 Å². The monoisotopic (exact) mass is 324 g/mol. The molecular weight excluding hydrogens is 304 g/mol. The Labute approximate surface area is 140 Å². The number of carbonyl (C=O) groups excluding carboxylic acids is 1. The van der Waals surface area contributed by atoms with Crippen LogP contribution in [0.2, 0.25) is 0 Å². The number of ether oxygens (including phenoxy) is 1. The maximum Gasteiger partial charge on any atom is 0.257 e. The molecule has 0 aliphatic carbocycles. The van der Waals surface area contributed by atoms with Crippen molar-refractivity contribution in [2.24, 2.45) is 5.41 Å². The fraction of sp³-hybridized carbons (Fsp3) is 0.444. The lowest BCUT2D eigenvalue weighted by Crippen LogP contribution is -2.46. The zero-order valence-electron chi connectivity index (χ0n) is 13.5. The summed E-state index contributed by atoms with van der Waals surface area (Å²) in [7, 11) is 0. The smallest absolute Gasteiger partial charge is 0.257 e. The molecule has 4 rings (SSSR count). The maximum atomic E-state index is 12.8. The normalized spacial score (nSPS) is 23.6. The fourth-order valence-electron chi connectivity index (χ4n) is 3.62. The average molecular weight is 324 g/mol. The van der Waals surface area contributed by atoms with Crippen molar-refractivity contribution < 1.29 is 9.53 Å². The van der Waals surface area contributed by atoms with Crippen molar-refractivity contribution in [1.82, 2.24) is 19.9 Å². The summed E-state index contributed by atoms with van der Waals surface area (Å²) in [5.41, 5.74) is 1.54. The van der Waals surface area contributed by atoms with Gasteiger partial charge in [0.25, 0.3) is 5.91 Å². The minimum absolute atomic E-state index is 0.0127. The Balaban J connectivity index is 1.50. The predicted molar refractivity (Wildman–Crippen MR) is 88.3 cm³/mol. The number of carbonyl (C=O) groups is 1. The van der Waals surface area contributed by atoms with Crippen molar-refractivity contribution in [2.45, 2.75) is 19.3 Å². The Kier molecular flexibility index (Phi) is 3.98. The molecule has 0 bridgehead atoms. The van der Waals surface area contributed by atoms with E-state index in [0.717, 1.165) is 51.1 Å². The summed E-state index contributed by atoms with van der Waals surface area (Å²) in [4.78, 5) is 27.4. The van der Waals surface area contributed by atoms with Gasteiger partial charge in [0.2, 0.25) is 0 Å². The molecule has 2 fully saturated rings. The van der Waals surface area contributed by atoms with Crippen molar-refractivity contribution in [3.05, 3.63) is 42.5 Å². The SMILES string of the molecule is O=C(c1cnc(-c2cccnc2)nc1)N1CCC[C@]2(CCOC2)C1. The maximum absolute atomic E-state index is 12.8. The fourth-order valence-corrected chi connectivity index (χ4v) is 3.62. The van der Waals surface area contributed by atoms with Gasteiger partial charge >= 0.3 is 0 Å². The van der Waals surface area contributed by atoms with E-state index in [1.54, 1.807) is 24.8 Å². The Morgan fingerprint density at radius 3 is 2.79 bits per heavy atom. The molecule has 2 aromatic heterocycles. The first-order valence-corrected chi connectivity index (χ1v) is 8.35. The first-order valence-electron chi connectivity index (χ1n) is 8.35. The van der Waals surface area contributed by atoms with Crippen molar-refractivity contribution in [3.63, 3.8) is 0 Å². The van der Waals surface area contributed by atoms with Crippen LogP contribution in [-0.4, -0.2) is 52.1 Å². The summed E-state index contributed by atoms with van der Waals surface area (Å²) < 4.78 is 5.57. The Bertz CT molecular complexity index is 712. The molecule has 2 aliphatic heterocycles. The van der Waals surface area contributed by atoms with Crippen molar-refractivity contribution in [3.8, 4) is 11.4 Å². The molecule has 4 heterocycles. The number of nitrogens with zero attached hydrogens (tertiary/aromatic N) is 4. The van der Waals surface area contributed by atoms with Gasteiger partial charge in [0.05, 0.1) is 12.2 Å². The van der Waals surface area contributed by atoms with E-state index in [1.165, 1.54) is 0 Å². The second-order valence-electron chi connectivity index (χ2n) is 6.67. The summed E-state index contributed by atoms with van der Waals surface area (Å²) in [6.07, 6.45) is 9.88. The van der Waals surface area contributed by atoms with Crippen molar-refractivity contribution >= 4 is 5.91 Å². The van der Waals surface area contributed by atoms with E-state index in [-0.39, 0.29) is 11.3 Å². The van der Waals surface area contributed by atoms with E-state index < -0.39 is 0 Å². The lowest BCUT2D eigenvalue weighted by Gasteiger charge is -2.39. The summed E-state index contributed by atoms with van der Waals surface area (Å²) in [6, 6.07) is 3.74. The van der Waals surface area contributed by atoms with Gasteiger partial charge in [-0.3, -0.25) is 9.78 Å². The zero-order valence-corrected chi connectivity index (χ0v) is 13.5. The number of piperidine rings is 1. The highest BCUT2D eigenvalue weighted by Gasteiger charge is 2.40. The van der Waals surface area contributed by atoms with Gasteiger partial charge in [-0.1, -0.05) is 0 Å². The van der Waals surface area contributed by atoms with Crippen LogP contribution < -0.4 is 0 Å². The van der Waals surface area contributed by atoms with E-state index in [2.05, 4.69) is 15.0 Å². The topological polar surface area (TPSA) is 68.2 Å². The van der Waals surface area contributed by atoms with Gasteiger partial charge in [0, 0.05) is 55.5 Å². The largest absolute Gasteiger partial charge is 0.381 e. The molecule has 124 valence electrons. The van der Waals surface area contributed by atoms with Gasteiger partial charge in [0.15, 0.2) is 5.82 Å². The second-order valence-corrected chi connectivity index (χ2v) is 6.67. The summed E-state index contributed by atoms with van der Waals surface area (Å²) in [5, 5.41) is 0. The Morgan fingerprint density at radius 1 is 1.21 bits per heavy atom. The summed E-state index contributed by atoms with van der Waals surface area (Å²) in [5.74, 6) is 0.595. The third-order valence-corrected chi connectivity index (χ3v) is 4.95. The molecular formula is C18H20N4O2. The number of amides is 1. The van der Waals surface area contributed by atoms with Gasteiger partial charge in [-0.15, -0.1) is 0 Å². The molecule has 0 saturated carbocycles. The first kappa shape index (κ1) is 15.2. The molecule has 0 radical (unpaired) electrons. The van der Waals surface area contributed by atoms with Gasteiger partial charge in [-0.2, -0.15) is 0 Å². The molecule has 2 aliphatic rings. The molecule has 1 spiro atoms. The molecule has 2 saturated heterocycles. The van der Waals surface area contributed by atoms with E-state index in [4.69, 9.17) is 4.74 Å². The second kappa shape index (κ2) is 6.28. The van der Waals surface area contributed by atoms with Gasteiger partial charge in [-0.25, -0.2) is 9.97 Å². The van der Waals surface area contributed by atoms with Gasteiger partial charge in [-0.05, 0) is 31.4 Å².